The summed E-state index contributed by atoms with van der Waals surface area (Å²) in [5.41, 5.74) is 1.10. The summed E-state index contributed by atoms with van der Waals surface area (Å²) >= 11 is 0. The van der Waals surface area contributed by atoms with Gasteiger partial charge >= 0.3 is 0 Å². The van der Waals surface area contributed by atoms with Crippen LogP contribution in [0.2, 0.25) is 0 Å². The maximum absolute atomic E-state index is 13.1. The number of guanidine groups is 1. The van der Waals surface area contributed by atoms with Gasteiger partial charge in [-0.3, -0.25) is 4.99 Å². The summed E-state index contributed by atoms with van der Waals surface area (Å²) in [6, 6.07) is 6.81. The summed E-state index contributed by atoms with van der Waals surface area (Å²) in [6.07, 6.45) is 2.58. The molecule has 0 aliphatic carbocycles. The number of piperidine rings is 1. The number of benzene rings is 1. The molecule has 6 heteroatoms. The van der Waals surface area contributed by atoms with E-state index in [0.717, 1.165) is 57.5 Å². The molecule has 1 atom stereocenters. The molecule has 0 amide bonds. The van der Waals surface area contributed by atoms with Crippen LogP contribution in [0.5, 0.6) is 0 Å². The number of nitrogens with zero attached hydrogens (tertiary/aromatic N) is 4. The second-order valence-electron chi connectivity index (χ2n) is 7.55. The largest absolute Gasteiger partial charge is 0.368 e. The molecule has 1 aromatic rings. The van der Waals surface area contributed by atoms with Gasteiger partial charge in [-0.2, -0.15) is 0 Å². The highest BCUT2D eigenvalue weighted by Gasteiger charge is 2.22. The highest BCUT2D eigenvalue weighted by Crippen LogP contribution is 2.18. The van der Waals surface area contributed by atoms with Crippen LogP contribution >= 0.6 is 0 Å². The molecule has 0 saturated carbocycles. The van der Waals surface area contributed by atoms with Crippen LogP contribution in [-0.4, -0.2) is 74.7 Å². The standard InChI is InChI=1S/C21H34FN5/c1-3-23-21(24-16-18-6-5-11-25(4-2)17-18)27-14-12-26(13-15-27)20-9-7-19(22)8-10-20/h7-10,18H,3-6,11-17H2,1-2H3,(H,23,24). The van der Waals surface area contributed by atoms with Crippen molar-refractivity contribution in [2.45, 2.75) is 26.7 Å². The van der Waals surface area contributed by atoms with Gasteiger partial charge in [-0.05, 0) is 63.0 Å². The molecule has 2 aliphatic heterocycles. The topological polar surface area (TPSA) is 34.1 Å². The van der Waals surface area contributed by atoms with E-state index in [-0.39, 0.29) is 5.82 Å². The molecule has 2 fully saturated rings. The van der Waals surface area contributed by atoms with Crippen LogP contribution in [0, 0.1) is 11.7 Å². The third-order valence-electron chi connectivity index (χ3n) is 5.66. The van der Waals surface area contributed by atoms with Gasteiger partial charge in [0.1, 0.15) is 5.82 Å². The number of aliphatic imine (C=N–C) groups is 1. The van der Waals surface area contributed by atoms with E-state index in [1.54, 1.807) is 0 Å². The van der Waals surface area contributed by atoms with Crippen LogP contribution in [-0.2, 0) is 0 Å². The maximum Gasteiger partial charge on any atom is 0.194 e. The summed E-state index contributed by atoms with van der Waals surface area (Å²) in [5.74, 6) is 1.54. The van der Waals surface area contributed by atoms with Gasteiger partial charge in [-0.25, -0.2) is 4.39 Å². The fourth-order valence-electron chi connectivity index (χ4n) is 4.06. The fourth-order valence-corrected chi connectivity index (χ4v) is 4.06. The van der Waals surface area contributed by atoms with E-state index in [1.807, 2.05) is 12.1 Å². The lowest BCUT2D eigenvalue weighted by atomic mass is 9.98. The molecule has 150 valence electrons. The van der Waals surface area contributed by atoms with Crippen molar-refractivity contribution >= 4 is 11.6 Å². The number of anilines is 1. The Balaban J connectivity index is 1.55. The molecule has 1 N–H and O–H groups in total. The van der Waals surface area contributed by atoms with Crippen molar-refractivity contribution in [2.24, 2.45) is 10.9 Å². The van der Waals surface area contributed by atoms with Crippen LogP contribution in [0.25, 0.3) is 0 Å². The summed E-state index contributed by atoms with van der Waals surface area (Å²) in [5, 5.41) is 3.47. The predicted octanol–water partition coefficient (Wildman–Crippen LogP) is 2.65. The minimum atomic E-state index is -0.177. The Bertz CT molecular complexity index is 595. The number of rotatable bonds is 5. The zero-order valence-corrected chi connectivity index (χ0v) is 16.8. The van der Waals surface area contributed by atoms with E-state index >= 15 is 0 Å². The van der Waals surface area contributed by atoms with Gasteiger partial charge in [0.2, 0.25) is 0 Å². The highest BCUT2D eigenvalue weighted by molar-refractivity contribution is 5.80. The van der Waals surface area contributed by atoms with Crippen LogP contribution < -0.4 is 10.2 Å². The monoisotopic (exact) mass is 375 g/mol. The molecule has 2 aliphatic rings. The van der Waals surface area contributed by atoms with Gasteiger partial charge in [-0.1, -0.05) is 6.92 Å². The minimum Gasteiger partial charge on any atom is -0.368 e. The number of halogens is 1. The fraction of sp³-hybridized carbons (Fsp3) is 0.667. The lowest BCUT2D eigenvalue weighted by molar-refractivity contribution is 0.186. The third-order valence-corrected chi connectivity index (χ3v) is 5.66. The zero-order chi connectivity index (χ0) is 19.1. The molecule has 1 unspecified atom stereocenters. The smallest absolute Gasteiger partial charge is 0.194 e. The average Bonchev–Trinajstić information content (AvgIpc) is 2.72. The van der Waals surface area contributed by atoms with Crippen LogP contribution in [0.15, 0.2) is 29.3 Å². The van der Waals surface area contributed by atoms with Gasteiger partial charge in [0.15, 0.2) is 5.96 Å². The molecule has 0 radical (unpaired) electrons. The molecule has 0 spiro atoms. The summed E-state index contributed by atoms with van der Waals surface area (Å²) < 4.78 is 13.1. The third kappa shape index (κ3) is 5.58. The summed E-state index contributed by atoms with van der Waals surface area (Å²) in [4.78, 5) is 12.2. The quantitative estimate of drug-likeness (QED) is 0.634. The van der Waals surface area contributed by atoms with Crippen molar-refractivity contribution in [3.63, 3.8) is 0 Å². The number of hydrogen-bond donors (Lipinski definition) is 1. The molecule has 0 aromatic heterocycles. The lowest BCUT2D eigenvalue weighted by Crippen LogP contribution is -2.52. The Labute approximate surface area is 163 Å². The van der Waals surface area contributed by atoms with Crippen molar-refractivity contribution in [1.82, 2.24) is 15.1 Å². The van der Waals surface area contributed by atoms with E-state index in [0.29, 0.717) is 5.92 Å². The van der Waals surface area contributed by atoms with E-state index < -0.39 is 0 Å². The van der Waals surface area contributed by atoms with Crippen LogP contribution in [0.3, 0.4) is 0 Å². The molecular formula is C21H34FN5. The Morgan fingerprint density at radius 2 is 1.85 bits per heavy atom. The van der Waals surface area contributed by atoms with Crippen LogP contribution in [0.1, 0.15) is 26.7 Å². The Morgan fingerprint density at radius 1 is 1.11 bits per heavy atom. The van der Waals surface area contributed by atoms with Crippen molar-refractivity contribution in [1.29, 1.82) is 0 Å². The number of likely N-dealkylation sites (tertiary alicyclic amines) is 1. The minimum absolute atomic E-state index is 0.177. The molecule has 27 heavy (non-hydrogen) atoms. The van der Waals surface area contributed by atoms with E-state index in [2.05, 4.69) is 33.9 Å². The molecule has 2 heterocycles. The first kappa shape index (κ1) is 19.9. The number of hydrogen-bond acceptors (Lipinski definition) is 3. The van der Waals surface area contributed by atoms with Gasteiger partial charge in [-0.15, -0.1) is 0 Å². The Kier molecular flexibility index (Phi) is 7.33. The number of piperazine rings is 1. The van der Waals surface area contributed by atoms with Gasteiger partial charge < -0.3 is 20.0 Å². The molecule has 5 nitrogen and oxygen atoms in total. The van der Waals surface area contributed by atoms with Crippen molar-refractivity contribution < 1.29 is 4.39 Å². The second kappa shape index (κ2) is 9.93. The van der Waals surface area contributed by atoms with E-state index in [4.69, 9.17) is 4.99 Å². The second-order valence-corrected chi connectivity index (χ2v) is 7.55. The maximum atomic E-state index is 13.1. The first-order valence-electron chi connectivity index (χ1n) is 10.5. The predicted molar refractivity (Wildman–Crippen MR) is 111 cm³/mol. The van der Waals surface area contributed by atoms with Crippen molar-refractivity contribution in [3.8, 4) is 0 Å². The van der Waals surface area contributed by atoms with Crippen molar-refractivity contribution in [2.75, 3.05) is 63.8 Å². The van der Waals surface area contributed by atoms with Gasteiger partial charge in [0, 0.05) is 51.5 Å². The molecule has 2 saturated heterocycles. The average molecular weight is 376 g/mol. The van der Waals surface area contributed by atoms with Crippen LogP contribution in [0.4, 0.5) is 10.1 Å². The van der Waals surface area contributed by atoms with E-state index in [1.165, 1.54) is 38.1 Å². The number of nitrogens with one attached hydrogen (secondary N) is 1. The Hall–Kier alpha value is -1.82. The van der Waals surface area contributed by atoms with Crippen molar-refractivity contribution in [3.05, 3.63) is 30.1 Å². The normalized spacial score (nSPS) is 22.2. The summed E-state index contributed by atoms with van der Waals surface area (Å²) in [6.45, 7) is 13.5. The zero-order valence-electron chi connectivity index (χ0n) is 16.8. The summed E-state index contributed by atoms with van der Waals surface area (Å²) in [7, 11) is 0. The van der Waals surface area contributed by atoms with Gasteiger partial charge in [0.25, 0.3) is 0 Å². The first-order chi connectivity index (χ1) is 13.2. The van der Waals surface area contributed by atoms with E-state index in [9.17, 15) is 4.39 Å². The van der Waals surface area contributed by atoms with Gasteiger partial charge in [0.05, 0.1) is 0 Å². The molecular weight excluding hydrogens is 341 g/mol. The molecule has 1 aromatic carbocycles. The lowest BCUT2D eigenvalue weighted by Gasteiger charge is -2.38. The Morgan fingerprint density at radius 3 is 2.52 bits per heavy atom. The SMILES string of the molecule is CCNC(=NCC1CCCN(CC)C1)N1CCN(c2ccc(F)cc2)CC1. The highest BCUT2D eigenvalue weighted by atomic mass is 19.1. The molecule has 0 bridgehead atoms. The first-order valence-corrected chi connectivity index (χ1v) is 10.5. The molecule has 3 rings (SSSR count).